The average Bonchev–Trinajstić information content (AvgIpc) is 2.55. The molecule has 0 saturated carbocycles. The van der Waals surface area contributed by atoms with Gasteiger partial charge in [0.1, 0.15) is 18.5 Å². The number of rotatable bonds is 3. The second kappa shape index (κ2) is 5.34. The van der Waals surface area contributed by atoms with E-state index in [4.69, 9.17) is 9.52 Å². The van der Waals surface area contributed by atoms with Crippen LogP contribution in [0.2, 0.25) is 0 Å². The van der Waals surface area contributed by atoms with Gasteiger partial charge in [0.25, 0.3) is 0 Å². The first-order chi connectivity index (χ1) is 10.2. The van der Waals surface area contributed by atoms with Crippen LogP contribution < -0.4 is 5.43 Å². The van der Waals surface area contributed by atoms with Crippen LogP contribution in [0.5, 0.6) is 0 Å². The molecular formula is C17H12O4. The third-order valence-electron chi connectivity index (χ3n) is 3.32. The summed E-state index contributed by atoms with van der Waals surface area (Å²) in [5.74, 6) is -0.410. The number of hydrogen-bond donors (Lipinski definition) is 1. The van der Waals surface area contributed by atoms with Crippen LogP contribution in [0.15, 0.2) is 64.0 Å². The molecule has 0 atom stereocenters. The summed E-state index contributed by atoms with van der Waals surface area (Å²) < 4.78 is 5.48. The van der Waals surface area contributed by atoms with Crippen molar-refractivity contribution < 1.29 is 14.3 Å². The van der Waals surface area contributed by atoms with Crippen molar-refractivity contribution >= 4 is 16.8 Å². The zero-order valence-corrected chi connectivity index (χ0v) is 11.1. The van der Waals surface area contributed by atoms with Gasteiger partial charge < -0.3 is 9.52 Å². The number of aliphatic hydroxyl groups excluding tert-OH is 1. The van der Waals surface area contributed by atoms with E-state index in [0.717, 1.165) is 5.56 Å². The Morgan fingerprint density at radius 1 is 1.10 bits per heavy atom. The SMILES string of the molecule is O=C(CO)c1ccc2c(=O)c(-c3ccccc3)coc2c1. The van der Waals surface area contributed by atoms with E-state index < -0.39 is 12.4 Å². The van der Waals surface area contributed by atoms with Crippen LogP contribution >= 0.6 is 0 Å². The van der Waals surface area contributed by atoms with Crippen molar-refractivity contribution in [3.8, 4) is 11.1 Å². The van der Waals surface area contributed by atoms with Crippen LogP contribution in [0.4, 0.5) is 0 Å². The first kappa shape index (κ1) is 13.3. The second-order valence-corrected chi connectivity index (χ2v) is 4.64. The van der Waals surface area contributed by atoms with E-state index in [1.807, 2.05) is 30.3 Å². The van der Waals surface area contributed by atoms with E-state index in [1.165, 1.54) is 18.4 Å². The van der Waals surface area contributed by atoms with Crippen molar-refractivity contribution in [1.82, 2.24) is 0 Å². The summed E-state index contributed by atoms with van der Waals surface area (Å²) in [5, 5.41) is 9.27. The number of carbonyl (C=O) groups excluding carboxylic acids is 1. The molecule has 3 rings (SSSR count). The lowest BCUT2D eigenvalue weighted by Crippen LogP contribution is -2.07. The Morgan fingerprint density at radius 3 is 2.57 bits per heavy atom. The van der Waals surface area contributed by atoms with Gasteiger partial charge in [0.05, 0.1) is 10.9 Å². The minimum Gasteiger partial charge on any atom is -0.463 e. The molecule has 0 radical (unpaired) electrons. The molecule has 1 N–H and O–H groups in total. The predicted octanol–water partition coefficient (Wildman–Crippen LogP) is 2.64. The number of ketones is 1. The van der Waals surface area contributed by atoms with Gasteiger partial charge in [-0.25, -0.2) is 0 Å². The Morgan fingerprint density at radius 2 is 1.86 bits per heavy atom. The zero-order chi connectivity index (χ0) is 14.8. The van der Waals surface area contributed by atoms with E-state index in [2.05, 4.69) is 0 Å². The van der Waals surface area contributed by atoms with Crippen molar-refractivity contribution in [3.05, 3.63) is 70.6 Å². The molecule has 0 aliphatic carbocycles. The van der Waals surface area contributed by atoms with Crippen LogP contribution in [0, 0.1) is 0 Å². The molecule has 0 amide bonds. The van der Waals surface area contributed by atoms with Crippen LogP contribution in [0.25, 0.3) is 22.1 Å². The van der Waals surface area contributed by atoms with E-state index in [-0.39, 0.29) is 5.43 Å². The number of hydrogen-bond acceptors (Lipinski definition) is 4. The normalized spacial score (nSPS) is 10.7. The maximum atomic E-state index is 12.5. The summed E-state index contributed by atoms with van der Waals surface area (Å²) >= 11 is 0. The molecular weight excluding hydrogens is 268 g/mol. The molecule has 2 aromatic carbocycles. The molecule has 4 heteroatoms. The lowest BCUT2D eigenvalue weighted by atomic mass is 10.0. The molecule has 0 saturated heterocycles. The fraction of sp³-hybridized carbons (Fsp3) is 0.0588. The van der Waals surface area contributed by atoms with Gasteiger partial charge in [-0.2, -0.15) is 0 Å². The summed E-state index contributed by atoms with van der Waals surface area (Å²) in [6, 6.07) is 13.8. The molecule has 3 aromatic rings. The number of fused-ring (bicyclic) bond motifs is 1. The highest BCUT2D eigenvalue weighted by Crippen LogP contribution is 2.20. The highest BCUT2D eigenvalue weighted by atomic mass is 16.3. The van der Waals surface area contributed by atoms with Gasteiger partial charge in [0.2, 0.25) is 0 Å². The quantitative estimate of drug-likeness (QED) is 0.749. The molecule has 4 nitrogen and oxygen atoms in total. The first-order valence-electron chi connectivity index (χ1n) is 6.46. The Bertz CT molecular complexity index is 863. The molecule has 0 fully saturated rings. The molecule has 104 valence electrons. The van der Waals surface area contributed by atoms with E-state index in [0.29, 0.717) is 22.1 Å². The molecule has 0 bridgehead atoms. The van der Waals surface area contributed by atoms with E-state index in [9.17, 15) is 9.59 Å². The Balaban J connectivity index is 2.19. The number of benzene rings is 2. The Hall–Kier alpha value is -2.72. The summed E-state index contributed by atoms with van der Waals surface area (Å²) in [4.78, 5) is 23.9. The van der Waals surface area contributed by atoms with Crippen LogP contribution in [-0.4, -0.2) is 17.5 Å². The number of carbonyl (C=O) groups is 1. The van der Waals surface area contributed by atoms with Gasteiger partial charge in [-0.3, -0.25) is 9.59 Å². The topological polar surface area (TPSA) is 67.5 Å². The molecule has 0 spiro atoms. The third kappa shape index (κ3) is 2.37. The maximum Gasteiger partial charge on any atom is 0.200 e. The summed E-state index contributed by atoms with van der Waals surface area (Å²) in [5.41, 5.74) is 1.76. The van der Waals surface area contributed by atoms with Gasteiger partial charge in [0.15, 0.2) is 11.2 Å². The van der Waals surface area contributed by atoms with Crippen LogP contribution in [0.3, 0.4) is 0 Å². The molecule has 1 heterocycles. The summed E-state index contributed by atoms with van der Waals surface area (Å²) in [7, 11) is 0. The van der Waals surface area contributed by atoms with Gasteiger partial charge in [0, 0.05) is 5.56 Å². The molecule has 21 heavy (non-hydrogen) atoms. The maximum absolute atomic E-state index is 12.5. The lowest BCUT2D eigenvalue weighted by molar-refractivity contribution is 0.0904. The number of Topliss-reactive ketones (excluding diaryl/α,β-unsaturated/α-hetero) is 1. The monoisotopic (exact) mass is 280 g/mol. The smallest absolute Gasteiger partial charge is 0.200 e. The van der Waals surface area contributed by atoms with E-state index >= 15 is 0 Å². The van der Waals surface area contributed by atoms with Crippen LogP contribution in [-0.2, 0) is 0 Å². The van der Waals surface area contributed by atoms with Crippen molar-refractivity contribution in [3.63, 3.8) is 0 Å². The summed E-state index contributed by atoms with van der Waals surface area (Å²) in [6.45, 7) is -0.572. The van der Waals surface area contributed by atoms with Gasteiger partial charge in [-0.05, 0) is 17.7 Å². The average molecular weight is 280 g/mol. The van der Waals surface area contributed by atoms with Crippen molar-refractivity contribution in [2.24, 2.45) is 0 Å². The molecule has 0 aliphatic heterocycles. The van der Waals surface area contributed by atoms with Crippen molar-refractivity contribution in [1.29, 1.82) is 0 Å². The largest absolute Gasteiger partial charge is 0.463 e. The first-order valence-corrected chi connectivity index (χ1v) is 6.46. The van der Waals surface area contributed by atoms with Crippen molar-refractivity contribution in [2.45, 2.75) is 0 Å². The minimum atomic E-state index is -0.572. The Kier molecular flexibility index (Phi) is 3.38. The van der Waals surface area contributed by atoms with Crippen molar-refractivity contribution in [2.75, 3.05) is 6.61 Å². The van der Waals surface area contributed by atoms with Gasteiger partial charge in [-0.15, -0.1) is 0 Å². The highest BCUT2D eigenvalue weighted by Gasteiger charge is 2.11. The standard InChI is InChI=1S/C17H12O4/c18-9-15(19)12-6-7-13-16(8-12)21-10-14(17(13)20)11-4-2-1-3-5-11/h1-8,10,18H,9H2. The third-order valence-corrected chi connectivity index (χ3v) is 3.32. The fourth-order valence-corrected chi connectivity index (χ4v) is 2.21. The Labute approximate surface area is 120 Å². The molecule has 0 unspecified atom stereocenters. The zero-order valence-electron chi connectivity index (χ0n) is 11.1. The fourth-order valence-electron chi connectivity index (χ4n) is 2.21. The molecule has 1 aromatic heterocycles. The van der Waals surface area contributed by atoms with Gasteiger partial charge in [-0.1, -0.05) is 36.4 Å². The predicted molar refractivity (Wildman–Crippen MR) is 79.3 cm³/mol. The molecule has 0 aliphatic rings. The second-order valence-electron chi connectivity index (χ2n) is 4.64. The van der Waals surface area contributed by atoms with E-state index in [1.54, 1.807) is 6.07 Å². The summed E-state index contributed by atoms with van der Waals surface area (Å²) in [6.07, 6.45) is 1.40. The van der Waals surface area contributed by atoms with Crippen LogP contribution in [0.1, 0.15) is 10.4 Å². The minimum absolute atomic E-state index is 0.148. The number of aliphatic hydroxyl groups is 1. The highest BCUT2D eigenvalue weighted by molar-refractivity contribution is 5.99. The van der Waals surface area contributed by atoms with Gasteiger partial charge >= 0.3 is 0 Å². The lowest BCUT2D eigenvalue weighted by Gasteiger charge is -2.04.